The predicted molar refractivity (Wildman–Crippen MR) is 67.9 cm³/mol. The third kappa shape index (κ3) is 3.92. The summed E-state index contributed by atoms with van der Waals surface area (Å²) < 4.78 is 7.40. The van der Waals surface area contributed by atoms with E-state index in [-0.39, 0.29) is 18.5 Å². The fourth-order valence-corrected chi connectivity index (χ4v) is 2.69. The summed E-state index contributed by atoms with van der Waals surface area (Å²) in [4.78, 5) is 10.6. The Morgan fingerprint density at radius 2 is 2.32 bits per heavy atom. The van der Waals surface area contributed by atoms with Gasteiger partial charge in [-0.1, -0.05) is 11.8 Å². The summed E-state index contributed by atoms with van der Waals surface area (Å²) in [6.07, 6.45) is 3.25. The minimum Gasteiger partial charge on any atom is -0.481 e. The first-order valence-electron chi connectivity index (χ1n) is 6.20. The van der Waals surface area contributed by atoms with E-state index >= 15 is 0 Å². The highest BCUT2D eigenvalue weighted by Gasteiger charge is 2.20. The van der Waals surface area contributed by atoms with Crippen LogP contribution in [0.4, 0.5) is 0 Å². The van der Waals surface area contributed by atoms with Crippen LogP contribution in [0.3, 0.4) is 0 Å². The van der Waals surface area contributed by atoms with Gasteiger partial charge in [0.25, 0.3) is 0 Å². The molecular formula is C11H17N3O4S. The maximum absolute atomic E-state index is 10.6. The van der Waals surface area contributed by atoms with E-state index in [2.05, 4.69) is 10.2 Å². The molecule has 0 radical (unpaired) electrons. The van der Waals surface area contributed by atoms with Crippen molar-refractivity contribution in [2.75, 3.05) is 12.4 Å². The summed E-state index contributed by atoms with van der Waals surface area (Å²) in [5.74, 6) is -0.532. The van der Waals surface area contributed by atoms with Crippen molar-refractivity contribution in [3.63, 3.8) is 0 Å². The molecule has 1 aliphatic heterocycles. The first-order valence-corrected chi connectivity index (χ1v) is 7.18. The molecule has 0 saturated carbocycles. The Hall–Kier alpha value is -1.12. The Kier molecular flexibility index (Phi) is 5.17. The molecule has 0 bridgehead atoms. The lowest BCUT2D eigenvalue weighted by Gasteiger charge is -2.23. The molecule has 8 heteroatoms. The van der Waals surface area contributed by atoms with Crippen LogP contribution in [0.1, 0.15) is 25.1 Å². The van der Waals surface area contributed by atoms with Crippen molar-refractivity contribution in [3.8, 4) is 0 Å². The monoisotopic (exact) mass is 287 g/mol. The van der Waals surface area contributed by atoms with Crippen LogP contribution >= 0.6 is 11.8 Å². The van der Waals surface area contributed by atoms with Crippen LogP contribution in [-0.4, -0.2) is 49.4 Å². The number of aliphatic hydroxyl groups excluding tert-OH is 1. The molecule has 1 aliphatic rings. The fraction of sp³-hybridized carbons (Fsp3) is 0.727. The van der Waals surface area contributed by atoms with Gasteiger partial charge in [0.15, 0.2) is 11.0 Å². The number of aliphatic hydroxyl groups is 1. The van der Waals surface area contributed by atoms with Gasteiger partial charge in [0, 0.05) is 6.61 Å². The maximum atomic E-state index is 10.6. The highest BCUT2D eigenvalue weighted by Crippen LogP contribution is 2.21. The molecule has 1 atom stereocenters. The summed E-state index contributed by atoms with van der Waals surface area (Å²) in [7, 11) is 0. The molecule has 0 spiro atoms. The Balaban J connectivity index is 2.06. The Morgan fingerprint density at radius 3 is 2.95 bits per heavy atom. The number of carboxylic acid groups (broad SMARTS) is 1. The molecule has 1 saturated heterocycles. The molecule has 1 aromatic heterocycles. The molecule has 2 heterocycles. The van der Waals surface area contributed by atoms with E-state index in [4.69, 9.17) is 9.84 Å². The zero-order valence-electron chi connectivity index (χ0n) is 10.5. The van der Waals surface area contributed by atoms with Crippen LogP contribution in [0.2, 0.25) is 0 Å². The molecule has 1 fully saturated rings. The van der Waals surface area contributed by atoms with Crippen molar-refractivity contribution in [2.24, 2.45) is 0 Å². The zero-order valence-corrected chi connectivity index (χ0v) is 11.3. The number of hydrogen-bond acceptors (Lipinski definition) is 6. The van der Waals surface area contributed by atoms with Crippen LogP contribution < -0.4 is 0 Å². The lowest BCUT2D eigenvalue weighted by Crippen LogP contribution is -2.25. The minimum atomic E-state index is -0.904. The quantitative estimate of drug-likeness (QED) is 0.736. The van der Waals surface area contributed by atoms with Crippen LogP contribution in [0, 0.1) is 0 Å². The summed E-state index contributed by atoms with van der Waals surface area (Å²) in [5, 5.41) is 26.3. The molecule has 1 unspecified atom stereocenters. The third-order valence-corrected chi connectivity index (χ3v) is 3.87. The smallest absolute Gasteiger partial charge is 0.313 e. The number of aromatic nitrogens is 3. The number of nitrogens with zero attached hydrogens (tertiary/aromatic N) is 3. The topological polar surface area (TPSA) is 97.5 Å². The predicted octanol–water partition coefficient (Wildman–Crippen LogP) is 0.516. The number of carbonyl (C=O) groups is 1. The van der Waals surface area contributed by atoms with Crippen molar-refractivity contribution in [3.05, 3.63) is 5.82 Å². The second-order valence-electron chi connectivity index (χ2n) is 4.34. The number of thioether (sulfide) groups is 1. The van der Waals surface area contributed by atoms with E-state index in [1.807, 2.05) is 0 Å². The summed E-state index contributed by atoms with van der Waals surface area (Å²) >= 11 is 1.10. The van der Waals surface area contributed by atoms with Crippen LogP contribution in [0.5, 0.6) is 0 Å². The van der Waals surface area contributed by atoms with Crippen LogP contribution in [-0.2, 0) is 22.7 Å². The van der Waals surface area contributed by atoms with Gasteiger partial charge in [0.1, 0.15) is 6.61 Å². The van der Waals surface area contributed by atoms with E-state index < -0.39 is 5.97 Å². The summed E-state index contributed by atoms with van der Waals surface area (Å²) in [6.45, 7) is 1.09. The van der Waals surface area contributed by atoms with Gasteiger partial charge in [0.2, 0.25) is 0 Å². The minimum absolute atomic E-state index is 0.0743. The van der Waals surface area contributed by atoms with Crippen molar-refractivity contribution in [2.45, 2.75) is 43.7 Å². The number of hydrogen-bond donors (Lipinski definition) is 2. The lowest BCUT2D eigenvalue weighted by molar-refractivity contribution is -0.133. The van der Waals surface area contributed by atoms with Crippen molar-refractivity contribution in [1.29, 1.82) is 0 Å². The molecule has 7 nitrogen and oxygen atoms in total. The molecule has 1 aromatic rings. The van der Waals surface area contributed by atoms with Crippen molar-refractivity contribution in [1.82, 2.24) is 14.8 Å². The number of ether oxygens (including phenoxy) is 1. The summed E-state index contributed by atoms with van der Waals surface area (Å²) in [6, 6.07) is 0. The van der Waals surface area contributed by atoms with Crippen LogP contribution in [0.15, 0.2) is 5.16 Å². The average Bonchev–Trinajstić information content (AvgIpc) is 2.80. The van der Waals surface area contributed by atoms with Gasteiger partial charge >= 0.3 is 5.97 Å². The maximum Gasteiger partial charge on any atom is 0.313 e. The fourth-order valence-electron chi connectivity index (χ4n) is 2.01. The van der Waals surface area contributed by atoms with E-state index in [0.717, 1.165) is 37.6 Å². The Morgan fingerprint density at radius 1 is 1.47 bits per heavy atom. The van der Waals surface area contributed by atoms with E-state index in [0.29, 0.717) is 17.5 Å². The average molecular weight is 287 g/mol. The molecule has 2 rings (SSSR count). The van der Waals surface area contributed by atoms with Crippen LogP contribution in [0.25, 0.3) is 0 Å². The molecule has 2 N–H and O–H groups in total. The zero-order chi connectivity index (χ0) is 13.7. The molecular weight excluding hydrogens is 270 g/mol. The highest BCUT2D eigenvalue weighted by molar-refractivity contribution is 7.99. The lowest BCUT2D eigenvalue weighted by atomic mass is 10.1. The molecule has 0 aliphatic carbocycles. The second-order valence-corrected chi connectivity index (χ2v) is 5.28. The second kappa shape index (κ2) is 6.88. The standard InChI is InChI=1S/C11H17N3O4S/c15-6-9-12-13-11(19-7-10(16)17)14(9)5-8-3-1-2-4-18-8/h8,15H,1-7H2,(H,16,17). The largest absolute Gasteiger partial charge is 0.481 e. The van der Waals surface area contributed by atoms with E-state index in [1.54, 1.807) is 4.57 Å². The van der Waals surface area contributed by atoms with Gasteiger partial charge in [-0.05, 0) is 19.3 Å². The molecule has 106 valence electrons. The first-order chi connectivity index (χ1) is 9.20. The first kappa shape index (κ1) is 14.3. The van der Waals surface area contributed by atoms with Gasteiger partial charge in [-0.2, -0.15) is 0 Å². The van der Waals surface area contributed by atoms with Gasteiger partial charge in [-0.15, -0.1) is 10.2 Å². The normalized spacial score (nSPS) is 19.5. The third-order valence-electron chi connectivity index (χ3n) is 2.92. The SMILES string of the molecule is O=C(O)CSc1nnc(CO)n1CC1CCCCO1. The van der Waals surface area contributed by atoms with Gasteiger partial charge in [-0.3, -0.25) is 4.79 Å². The highest BCUT2D eigenvalue weighted by atomic mass is 32.2. The Bertz CT molecular complexity index is 432. The molecule has 0 aromatic carbocycles. The number of rotatable bonds is 6. The number of aliphatic carboxylic acids is 1. The van der Waals surface area contributed by atoms with E-state index in [9.17, 15) is 9.90 Å². The van der Waals surface area contributed by atoms with Gasteiger partial charge < -0.3 is 19.5 Å². The van der Waals surface area contributed by atoms with E-state index in [1.165, 1.54) is 0 Å². The molecule has 19 heavy (non-hydrogen) atoms. The van der Waals surface area contributed by atoms with Crippen molar-refractivity contribution >= 4 is 17.7 Å². The van der Waals surface area contributed by atoms with Gasteiger partial charge in [-0.25, -0.2) is 0 Å². The number of carboxylic acids is 1. The van der Waals surface area contributed by atoms with Crippen molar-refractivity contribution < 1.29 is 19.7 Å². The van der Waals surface area contributed by atoms with Gasteiger partial charge in [0.05, 0.1) is 18.4 Å². The Labute approximate surface area is 115 Å². The summed E-state index contributed by atoms with van der Waals surface area (Å²) in [5.41, 5.74) is 0. The molecule has 0 amide bonds.